The van der Waals surface area contributed by atoms with Gasteiger partial charge in [-0.25, -0.2) is 8.42 Å². The van der Waals surface area contributed by atoms with Gasteiger partial charge in [-0.3, -0.25) is 0 Å². The van der Waals surface area contributed by atoms with Crippen molar-refractivity contribution in [1.29, 1.82) is 0 Å². The molecule has 1 unspecified atom stereocenters. The third-order valence-corrected chi connectivity index (χ3v) is 4.41. The van der Waals surface area contributed by atoms with Crippen LogP contribution >= 0.6 is 11.6 Å². The molecule has 0 bridgehead atoms. The summed E-state index contributed by atoms with van der Waals surface area (Å²) in [5.74, 6) is 0.594. The first-order valence-corrected chi connectivity index (χ1v) is 8.70. The molecule has 0 radical (unpaired) electrons. The molecule has 0 heterocycles. The average molecular weight is 304 g/mol. The summed E-state index contributed by atoms with van der Waals surface area (Å²) in [6.07, 6.45) is 2.07. The Hall–Kier alpha value is -0.740. The molecule has 0 fully saturated rings. The van der Waals surface area contributed by atoms with Crippen molar-refractivity contribution in [3.05, 3.63) is 24.3 Å². The van der Waals surface area contributed by atoms with Crippen molar-refractivity contribution in [3.8, 4) is 0 Å². The van der Waals surface area contributed by atoms with Gasteiger partial charge in [-0.1, -0.05) is 20.8 Å². The number of anilines is 1. The normalized spacial score (nSPS) is 14.2. The van der Waals surface area contributed by atoms with E-state index in [0.717, 1.165) is 12.1 Å². The first-order chi connectivity index (χ1) is 8.64. The molecule has 0 aromatic heterocycles. The third kappa shape index (κ3) is 5.03. The number of alkyl halides is 1. The summed E-state index contributed by atoms with van der Waals surface area (Å²) < 4.78 is 22.8. The Morgan fingerprint density at radius 3 is 2.11 bits per heavy atom. The van der Waals surface area contributed by atoms with E-state index in [2.05, 4.69) is 26.1 Å². The lowest BCUT2D eigenvalue weighted by molar-refractivity contribution is 0.334. The summed E-state index contributed by atoms with van der Waals surface area (Å²) in [5, 5.41) is 3.42. The maximum atomic E-state index is 11.4. The minimum absolute atomic E-state index is 0.0877. The van der Waals surface area contributed by atoms with Crippen molar-refractivity contribution in [2.45, 2.75) is 38.1 Å². The molecule has 0 aliphatic rings. The highest BCUT2D eigenvalue weighted by Gasteiger charge is 2.23. The van der Waals surface area contributed by atoms with Gasteiger partial charge < -0.3 is 5.32 Å². The van der Waals surface area contributed by atoms with Crippen molar-refractivity contribution in [3.63, 3.8) is 0 Å². The SMILES string of the molecule is CC(C)(C)C(CCCl)Nc1ccc(S(C)(=O)=O)cc1. The van der Waals surface area contributed by atoms with E-state index in [1.165, 1.54) is 6.26 Å². The number of halogens is 1. The molecular formula is C14H22ClNO2S. The van der Waals surface area contributed by atoms with Crippen LogP contribution < -0.4 is 5.32 Å². The second kappa shape index (κ2) is 6.14. The van der Waals surface area contributed by atoms with Crippen LogP contribution in [0.15, 0.2) is 29.2 Å². The summed E-state index contributed by atoms with van der Waals surface area (Å²) in [4.78, 5) is 0.336. The molecule has 5 heteroatoms. The lowest BCUT2D eigenvalue weighted by Gasteiger charge is -2.32. The standard InChI is InChI=1S/C14H22ClNO2S/c1-14(2,3)13(9-10-15)16-11-5-7-12(8-6-11)19(4,17)18/h5-8,13,16H,9-10H2,1-4H3. The lowest BCUT2D eigenvalue weighted by atomic mass is 9.85. The number of benzene rings is 1. The fourth-order valence-corrected chi connectivity index (χ4v) is 2.68. The molecular weight excluding hydrogens is 282 g/mol. The summed E-state index contributed by atoms with van der Waals surface area (Å²) in [5.41, 5.74) is 1.00. The van der Waals surface area contributed by atoms with Gasteiger partial charge in [0.2, 0.25) is 0 Å². The second-order valence-electron chi connectivity index (χ2n) is 5.84. The van der Waals surface area contributed by atoms with E-state index in [4.69, 9.17) is 11.6 Å². The van der Waals surface area contributed by atoms with Crippen LogP contribution in [-0.4, -0.2) is 26.6 Å². The van der Waals surface area contributed by atoms with E-state index in [-0.39, 0.29) is 11.5 Å². The van der Waals surface area contributed by atoms with Crippen LogP contribution in [-0.2, 0) is 9.84 Å². The minimum Gasteiger partial charge on any atom is -0.382 e. The van der Waals surface area contributed by atoms with Gasteiger partial charge in [0.25, 0.3) is 0 Å². The molecule has 0 saturated heterocycles. The first kappa shape index (κ1) is 16.3. The van der Waals surface area contributed by atoms with E-state index < -0.39 is 9.84 Å². The highest BCUT2D eigenvalue weighted by molar-refractivity contribution is 7.90. The van der Waals surface area contributed by atoms with E-state index >= 15 is 0 Å². The third-order valence-electron chi connectivity index (χ3n) is 3.07. The smallest absolute Gasteiger partial charge is 0.175 e. The van der Waals surface area contributed by atoms with Crippen LogP contribution in [0.2, 0.25) is 0 Å². The predicted octanol–water partition coefficient (Wildman–Crippen LogP) is 3.55. The molecule has 1 rings (SSSR count). The highest BCUT2D eigenvalue weighted by atomic mass is 35.5. The van der Waals surface area contributed by atoms with Crippen LogP contribution in [0.5, 0.6) is 0 Å². The minimum atomic E-state index is -3.14. The Kier molecular flexibility index (Phi) is 5.27. The number of nitrogens with one attached hydrogen (secondary N) is 1. The van der Waals surface area contributed by atoms with Crippen molar-refractivity contribution in [2.75, 3.05) is 17.5 Å². The van der Waals surface area contributed by atoms with Crippen molar-refractivity contribution < 1.29 is 8.42 Å². The summed E-state index contributed by atoms with van der Waals surface area (Å²) in [6.45, 7) is 6.46. The lowest BCUT2D eigenvalue weighted by Crippen LogP contribution is -2.34. The zero-order valence-corrected chi connectivity index (χ0v) is 13.5. The summed E-state index contributed by atoms with van der Waals surface area (Å²) in [6, 6.07) is 7.08. The Bertz CT molecular complexity index is 503. The Balaban J connectivity index is 2.87. The van der Waals surface area contributed by atoms with Crippen molar-refractivity contribution >= 4 is 27.1 Å². The van der Waals surface area contributed by atoms with Crippen LogP contribution in [0.4, 0.5) is 5.69 Å². The van der Waals surface area contributed by atoms with Crippen molar-refractivity contribution in [1.82, 2.24) is 0 Å². The summed E-state index contributed by atoms with van der Waals surface area (Å²) in [7, 11) is -3.14. The monoisotopic (exact) mass is 303 g/mol. The van der Waals surface area contributed by atoms with E-state index in [0.29, 0.717) is 10.8 Å². The molecule has 3 nitrogen and oxygen atoms in total. The molecule has 0 spiro atoms. The number of sulfone groups is 1. The van der Waals surface area contributed by atoms with Gasteiger partial charge >= 0.3 is 0 Å². The molecule has 0 aliphatic carbocycles. The molecule has 1 N–H and O–H groups in total. The Morgan fingerprint density at radius 2 is 1.74 bits per heavy atom. The van der Waals surface area contributed by atoms with Gasteiger partial charge in [-0.2, -0.15) is 0 Å². The molecule has 0 amide bonds. The Morgan fingerprint density at radius 1 is 1.21 bits per heavy atom. The fourth-order valence-electron chi connectivity index (χ4n) is 1.83. The maximum absolute atomic E-state index is 11.4. The number of hydrogen-bond acceptors (Lipinski definition) is 3. The fraction of sp³-hybridized carbons (Fsp3) is 0.571. The van der Waals surface area contributed by atoms with Gasteiger partial charge in [-0.15, -0.1) is 11.6 Å². The van der Waals surface area contributed by atoms with Gasteiger partial charge in [0.15, 0.2) is 9.84 Å². The Labute approximate surface area is 121 Å². The van der Waals surface area contributed by atoms with E-state index in [9.17, 15) is 8.42 Å². The van der Waals surface area contributed by atoms with E-state index in [1.807, 2.05) is 0 Å². The summed E-state index contributed by atoms with van der Waals surface area (Å²) >= 11 is 5.83. The van der Waals surface area contributed by atoms with Gasteiger partial charge in [0.05, 0.1) is 4.90 Å². The number of rotatable bonds is 5. The molecule has 0 aliphatic heterocycles. The molecule has 19 heavy (non-hydrogen) atoms. The van der Waals surface area contributed by atoms with E-state index in [1.54, 1.807) is 24.3 Å². The first-order valence-electron chi connectivity index (χ1n) is 6.27. The quantitative estimate of drug-likeness (QED) is 0.846. The van der Waals surface area contributed by atoms with Gasteiger partial charge in [0, 0.05) is 23.9 Å². The zero-order chi connectivity index (χ0) is 14.7. The van der Waals surface area contributed by atoms with Crippen LogP contribution in [0.3, 0.4) is 0 Å². The molecule has 0 saturated carbocycles. The maximum Gasteiger partial charge on any atom is 0.175 e. The number of hydrogen-bond donors (Lipinski definition) is 1. The van der Waals surface area contributed by atoms with Crippen LogP contribution in [0.25, 0.3) is 0 Å². The molecule has 1 aromatic carbocycles. The van der Waals surface area contributed by atoms with Crippen LogP contribution in [0.1, 0.15) is 27.2 Å². The largest absolute Gasteiger partial charge is 0.382 e. The predicted molar refractivity (Wildman–Crippen MR) is 81.8 cm³/mol. The highest BCUT2D eigenvalue weighted by Crippen LogP contribution is 2.26. The average Bonchev–Trinajstić information content (AvgIpc) is 2.26. The topological polar surface area (TPSA) is 46.2 Å². The second-order valence-corrected chi connectivity index (χ2v) is 8.23. The van der Waals surface area contributed by atoms with Crippen molar-refractivity contribution in [2.24, 2.45) is 5.41 Å². The molecule has 1 atom stereocenters. The molecule has 1 aromatic rings. The molecule has 108 valence electrons. The zero-order valence-electron chi connectivity index (χ0n) is 11.9. The van der Waals surface area contributed by atoms with Crippen LogP contribution in [0, 0.1) is 5.41 Å². The van der Waals surface area contributed by atoms with Gasteiger partial charge in [-0.05, 0) is 36.1 Å². The van der Waals surface area contributed by atoms with Gasteiger partial charge in [0.1, 0.15) is 0 Å².